The summed E-state index contributed by atoms with van der Waals surface area (Å²) in [5.74, 6) is 0.562. The van der Waals surface area contributed by atoms with E-state index in [4.69, 9.17) is 0 Å². The van der Waals surface area contributed by atoms with E-state index in [0.717, 1.165) is 11.1 Å². The van der Waals surface area contributed by atoms with E-state index < -0.39 is 10.0 Å². The molecule has 8 heteroatoms. The molecule has 0 fully saturated rings. The summed E-state index contributed by atoms with van der Waals surface area (Å²) in [4.78, 5) is 17.6. The third-order valence-electron chi connectivity index (χ3n) is 4.68. The van der Waals surface area contributed by atoms with E-state index in [1.54, 1.807) is 12.1 Å². The highest BCUT2D eigenvalue weighted by Gasteiger charge is 2.18. The number of anilines is 1. The molecule has 0 radical (unpaired) electrons. The van der Waals surface area contributed by atoms with E-state index in [1.807, 2.05) is 67.6 Å². The number of hydrogen-bond acceptors (Lipinski definition) is 5. The van der Waals surface area contributed by atoms with Crippen molar-refractivity contribution in [2.45, 2.75) is 22.7 Å². The maximum Gasteiger partial charge on any atom is 0.263 e. The number of rotatable bonds is 7. The van der Waals surface area contributed by atoms with Crippen LogP contribution in [0.1, 0.15) is 11.1 Å². The summed E-state index contributed by atoms with van der Waals surface area (Å²) >= 11 is 1.36. The van der Waals surface area contributed by atoms with Crippen LogP contribution in [0.2, 0.25) is 0 Å². The molecule has 0 amide bonds. The Balaban J connectivity index is 1.72. The van der Waals surface area contributed by atoms with Crippen LogP contribution in [0.15, 0.2) is 106 Å². The van der Waals surface area contributed by atoms with Crippen molar-refractivity contribution in [1.82, 2.24) is 9.55 Å². The fourth-order valence-corrected chi connectivity index (χ4v) is 5.03. The highest BCUT2D eigenvalue weighted by Crippen LogP contribution is 2.24. The Morgan fingerprint density at radius 3 is 2.19 bits per heavy atom. The standard InChI is InChI=1S/C24H21N3O3S2/c1-18-12-14-21(15-13-18)32(29,30)26-22-16-23(28)27(20-10-6-3-7-11-20)24(25-22)31-17-19-8-4-2-5-9-19/h2-16,26H,17H2,1H3. The summed E-state index contributed by atoms with van der Waals surface area (Å²) in [7, 11) is -3.88. The lowest BCUT2D eigenvalue weighted by Crippen LogP contribution is -2.23. The number of hydrogen-bond donors (Lipinski definition) is 1. The third kappa shape index (κ3) is 5.09. The Kier molecular flexibility index (Phi) is 6.43. The smallest absolute Gasteiger partial charge is 0.263 e. The van der Waals surface area contributed by atoms with Gasteiger partial charge in [0.05, 0.1) is 10.6 Å². The Hall–Kier alpha value is -3.36. The van der Waals surface area contributed by atoms with Crippen molar-refractivity contribution in [2.75, 3.05) is 4.72 Å². The van der Waals surface area contributed by atoms with Crippen LogP contribution in [0.25, 0.3) is 5.69 Å². The first-order chi connectivity index (χ1) is 15.4. The second kappa shape index (κ2) is 9.42. The summed E-state index contributed by atoms with van der Waals surface area (Å²) < 4.78 is 29.5. The van der Waals surface area contributed by atoms with Gasteiger partial charge in [-0.15, -0.1) is 0 Å². The first-order valence-electron chi connectivity index (χ1n) is 9.88. The van der Waals surface area contributed by atoms with Crippen LogP contribution in [-0.4, -0.2) is 18.0 Å². The zero-order valence-electron chi connectivity index (χ0n) is 17.3. The number of para-hydroxylation sites is 1. The topological polar surface area (TPSA) is 81.1 Å². The van der Waals surface area contributed by atoms with Gasteiger partial charge in [-0.2, -0.15) is 0 Å². The molecule has 4 rings (SSSR count). The number of aromatic nitrogens is 2. The molecular formula is C24H21N3O3S2. The van der Waals surface area contributed by atoms with Crippen LogP contribution in [0.4, 0.5) is 5.82 Å². The van der Waals surface area contributed by atoms with E-state index in [2.05, 4.69) is 9.71 Å². The van der Waals surface area contributed by atoms with Crippen molar-refractivity contribution in [1.29, 1.82) is 0 Å². The van der Waals surface area contributed by atoms with Crippen LogP contribution in [0.3, 0.4) is 0 Å². The molecule has 0 aliphatic rings. The van der Waals surface area contributed by atoms with E-state index in [1.165, 1.54) is 34.5 Å². The SMILES string of the molecule is Cc1ccc(S(=O)(=O)Nc2cc(=O)n(-c3ccccc3)c(SCc3ccccc3)n2)cc1. The molecule has 32 heavy (non-hydrogen) atoms. The summed E-state index contributed by atoms with van der Waals surface area (Å²) in [6, 6.07) is 26.6. The van der Waals surface area contributed by atoms with Gasteiger partial charge in [0.25, 0.3) is 15.6 Å². The van der Waals surface area contributed by atoms with Crippen LogP contribution in [-0.2, 0) is 15.8 Å². The Morgan fingerprint density at radius 1 is 0.906 bits per heavy atom. The van der Waals surface area contributed by atoms with Crippen LogP contribution < -0.4 is 10.3 Å². The van der Waals surface area contributed by atoms with Gasteiger partial charge < -0.3 is 0 Å². The predicted molar refractivity (Wildman–Crippen MR) is 128 cm³/mol. The molecule has 0 bridgehead atoms. The molecule has 6 nitrogen and oxygen atoms in total. The van der Waals surface area contributed by atoms with Gasteiger partial charge in [-0.1, -0.05) is 78.0 Å². The number of thioether (sulfide) groups is 1. The van der Waals surface area contributed by atoms with Crippen LogP contribution in [0, 0.1) is 6.92 Å². The fourth-order valence-electron chi connectivity index (χ4n) is 3.06. The zero-order chi connectivity index (χ0) is 22.6. The van der Waals surface area contributed by atoms with Gasteiger partial charge in [0.2, 0.25) is 0 Å². The Bertz CT molecular complexity index is 1370. The van der Waals surface area contributed by atoms with Crippen LogP contribution >= 0.6 is 11.8 Å². The lowest BCUT2D eigenvalue weighted by molar-refractivity contribution is 0.601. The van der Waals surface area contributed by atoms with E-state index in [0.29, 0.717) is 16.6 Å². The van der Waals surface area contributed by atoms with Crippen molar-refractivity contribution in [3.8, 4) is 5.69 Å². The molecule has 1 heterocycles. The van der Waals surface area contributed by atoms with E-state index >= 15 is 0 Å². The molecule has 0 atom stereocenters. The molecule has 1 N–H and O–H groups in total. The molecule has 0 saturated carbocycles. The summed E-state index contributed by atoms with van der Waals surface area (Å²) in [5.41, 5.74) is 2.31. The molecule has 162 valence electrons. The van der Waals surface area contributed by atoms with Gasteiger partial charge in [-0.3, -0.25) is 14.1 Å². The van der Waals surface area contributed by atoms with Gasteiger partial charge >= 0.3 is 0 Å². The van der Waals surface area contributed by atoms with Gasteiger partial charge in [0, 0.05) is 11.8 Å². The average molecular weight is 464 g/mol. The molecule has 4 aromatic rings. The van der Waals surface area contributed by atoms with Gasteiger partial charge in [-0.05, 0) is 36.8 Å². The molecule has 0 unspecified atom stereocenters. The van der Waals surface area contributed by atoms with E-state index in [9.17, 15) is 13.2 Å². The Morgan fingerprint density at radius 2 is 1.53 bits per heavy atom. The largest absolute Gasteiger partial charge is 0.269 e. The van der Waals surface area contributed by atoms with Crippen molar-refractivity contribution in [3.63, 3.8) is 0 Å². The summed E-state index contributed by atoms with van der Waals surface area (Å²) in [5, 5.41) is 0.397. The summed E-state index contributed by atoms with van der Waals surface area (Å²) in [6.45, 7) is 1.88. The quantitative estimate of drug-likeness (QED) is 0.319. The van der Waals surface area contributed by atoms with Gasteiger partial charge in [0.15, 0.2) is 5.16 Å². The molecule has 0 aliphatic carbocycles. The van der Waals surface area contributed by atoms with Crippen molar-refractivity contribution < 1.29 is 8.42 Å². The molecule has 0 saturated heterocycles. The van der Waals surface area contributed by atoms with Gasteiger partial charge in [-0.25, -0.2) is 13.4 Å². The number of benzene rings is 3. The second-order valence-corrected chi connectivity index (χ2v) is 9.75. The first-order valence-corrected chi connectivity index (χ1v) is 12.3. The number of nitrogens with zero attached hydrogens (tertiary/aromatic N) is 2. The number of aryl methyl sites for hydroxylation is 1. The fraction of sp³-hybridized carbons (Fsp3) is 0.0833. The maximum absolute atomic E-state index is 13.0. The van der Waals surface area contributed by atoms with Crippen molar-refractivity contribution in [2.24, 2.45) is 0 Å². The highest BCUT2D eigenvalue weighted by atomic mass is 32.2. The lowest BCUT2D eigenvalue weighted by Gasteiger charge is -2.14. The maximum atomic E-state index is 13.0. The van der Waals surface area contributed by atoms with Crippen molar-refractivity contribution in [3.05, 3.63) is 112 Å². The Labute approximate surface area is 191 Å². The first kappa shape index (κ1) is 21.9. The van der Waals surface area contributed by atoms with Gasteiger partial charge in [0.1, 0.15) is 5.82 Å². The zero-order valence-corrected chi connectivity index (χ0v) is 18.9. The monoisotopic (exact) mass is 463 g/mol. The molecule has 1 aromatic heterocycles. The minimum Gasteiger partial charge on any atom is -0.269 e. The number of sulfonamides is 1. The molecular weight excluding hydrogens is 442 g/mol. The minimum absolute atomic E-state index is 0.0154. The average Bonchev–Trinajstić information content (AvgIpc) is 2.79. The normalized spacial score (nSPS) is 11.3. The molecule has 3 aromatic carbocycles. The predicted octanol–water partition coefficient (Wildman–Crippen LogP) is 4.63. The molecule has 0 spiro atoms. The third-order valence-corrected chi connectivity index (χ3v) is 7.06. The second-order valence-electron chi connectivity index (χ2n) is 7.13. The van der Waals surface area contributed by atoms with Crippen LogP contribution in [0.5, 0.6) is 0 Å². The van der Waals surface area contributed by atoms with E-state index in [-0.39, 0.29) is 16.3 Å². The summed E-state index contributed by atoms with van der Waals surface area (Å²) in [6.07, 6.45) is 0. The highest BCUT2D eigenvalue weighted by molar-refractivity contribution is 7.98. The minimum atomic E-state index is -3.88. The number of nitrogens with one attached hydrogen (secondary N) is 1. The lowest BCUT2D eigenvalue weighted by atomic mass is 10.2. The molecule has 0 aliphatic heterocycles. The van der Waals surface area contributed by atoms with Crippen molar-refractivity contribution >= 4 is 27.6 Å².